The second kappa shape index (κ2) is 6.62. The van der Waals surface area contributed by atoms with Crippen LogP contribution < -0.4 is 11.5 Å². The molecule has 1 aliphatic rings. The molecule has 1 aliphatic carbocycles. The highest BCUT2D eigenvalue weighted by atomic mass is 32.1. The lowest BCUT2D eigenvalue weighted by Crippen LogP contribution is -2.44. The summed E-state index contributed by atoms with van der Waals surface area (Å²) in [5.41, 5.74) is 11.6. The minimum atomic E-state index is -0.519. The normalized spacial score (nSPS) is 14.9. The van der Waals surface area contributed by atoms with E-state index < -0.39 is 5.91 Å². The summed E-state index contributed by atoms with van der Waals surface area (Å²) in [5, 5.41) is 0. The Kier molecular flexibility index (Phi) is 4.85. The van der Waals surface area contributed by atoms with Crippen molar-refractivity contribution in [3.05, 3.63) is 29.6 Å². The third-order valence-corrected chi connectivity index (χ3v) is 3.86. The molecule has 112 valence electrons. The molecule has 1 fully saturated rings. The number of rotatable bonds is 5. The fourth-order valence-electron chi connectivity index (χ4n) is 2.56. The molecule has 0 aliphatic heterocycles. The van der Waals surface area contributed by atoms with E-state index in [0.29, 0.717) is 5.56 Å². The second-order valence-corrected chi connectivity index (χ2v) is 5.57. The summed E-state index contributed by atoms with van der Waals surface area (Å²) in [6.45, 7) is -0.0811. The molecule has 1 aromatic heterocycles. The Morgan fingerprint density at radius 2 is 1.95 bits per heavy atom. The van der Waals surface area contributed by atoms with Crippen molar-refractivity contribution < 1.29 is 9.59 Å². The molecule has 1 aromatic rings. The van der Waals surface area contributed by atoms with E-state index in [0.717, 1.165) is 25.7 Å². The van der Waals surface area contributed by atoms with E-state index in [2.05, 4.69) is 4.98 Å². The number of carbonyl (C=O) groups is 2. The first kappa shape index (κ1) is 15.4. The Bertz CT molecular complexity index is 553. The maximum atomic E-state index is 12.5. The van der Waals surface area contributed by atoms with Gasteiger partial charge in [0.2, 0.25) is 5.91 Å². The molecule has 6 nitrogen and oxygen atoms in total. The van der Waals surface area contributed by atoms with Gasteiger partial charge in [0.15, 0.2) is 0 Å². The Morgan fingerprint density at radius 3 is 2.43 bits per heavy atom. The highest BCUT2D eigenvalue weighted by Gasteiger charge is 2.29. The molecule has 0 aromatic carbocycles. The SMILES string of the molecule is NC(=O)CN(C(=O)c1ccc(C(N)=S)cn1)C1CCCC1. The van der Waals surface area contributed by atoms with Crippen molar-refractivity contribution in [1.29, 1.82) is 0 Å². The van der Waals surface area contributed by atoms with Crippen LogP contribution in [0.5, 0.6) is 0 Å². The van der Waals surface area contributed by atoms with Gasteiger partial charge in [-0.05, 0) is 25.0 Å². The third kappa shape index (κ3) is 3.75. The average molecular weight is 306 g/mol. The number of nitrogens with zero attached hydrogens (tertiary/aromatic N) is 2. The molecule has 0 radical (unpaired) electrons. The highest BCUT2D eigenvalue weighted by Crippen LogP contribution is 2.24. The third-order valence-electron chi connectivity index (χ3n) is 3.62. The van der Waals surface area contributed by atoms with Gasteiger partial charge in [-0.3, -0.25) is 14.6 Å². The molecule has 0 bridgehead atoms. The van der Waals surface area contributed by atoms with Crippen LogP contribution in [-0.2, 0) is 4.79 Å². The fraction of sp³-hybridized carbons (Fsp3) is 0.429. The number of primary amides is 1. The van der Waals surface area contributed by atoms with Crippen LogP contribution in [-0.4, -0.2) is 39.3 Å². The predicted molar refractivity (Wildman–Crippen MR) is 82.6 cm³/mol. The summed E-state index contributed by atoms with van der Waals surface area (Å²) < 4.78 is 0. The standard InChI is InChI=1S/C14H18N4O2S/c15-12(19)8-18(10-3-1-2-4-10)14(20)11-6-5-9(7-17-11)13(16)21/h5-7,10H,1-4,8H2,(H2,15,19)(H2,16,21). The number of thiocarbonyl (C=S) groups is 1. The first-order valence-electron chi connectivity index (χ1n) is 6.84. The van der Waals surface area contributed by atoms with Crippen LogP contribution in [0, 0.1) is 0 Å². The van der Waals surface area contributed by atoms with Gasteiger partial charge >= 0.3 is 0 Å². The van der Waals surface area contributed by atoms with Crippen LogP contribution in [0.2, 0.25) is 0 Å². The molecule has 2 rings (SSSR count). The second-order valence-electron chi connectivity index (χ2n) is 5.13. The van der Waals surface area contributed by atoms with Crippen molar-refractivity contribution in [2.45, 2.75) is 31.7 Å². The Labute approximate surface area is 128 Å². The molecule has 21 heavy (non-hydrogen) atoms. The fourth-order valence-corrected chi connectivity index (χ4v) is 2.68. The first-order chi connectivity index (χ1) is 9.99. The van der Waals surface area contributed by atoms with Gasteiger partial charge in [-0.25, -0.2) is 0 Å². The van der Waals surface area contributed by atoms with E-state index >= 15 is 0 Å². The van der Waals surface area contributed by atoms with Crippen molar-refractivity contribution in [2.75, 3.05) is 6.54 Å². The van der Waals surface area contributed by atoms with Crippen molar-refractivity contribution in [1.82, 2.24) is 9.88 Å². The Hall–Kier alpha value is -2.02. The summed E-state index contributed by atoms with van der Waals surface area (Å²) in [6, 6.07) is 3.28. The lowest BCUT2D eigenvalue weighted by Gasteiger charge is -2.27. The maximum absolute atomic E-state index is 12.5. The van der Waals surface area contributed by atoms with E-state index in [1.807, 2.05) is 0 Å². The molecule has 2 amide bonds. The number of aromatic nitrogens is 1. The Morgan fingerprint density at radius 1 is 1.29 bits per heavy atom. The number of hydrogen-bond donors (Lipinski definition) is 2. The lowest BCUT2D eigenvalue weighted by atomic mass is 10.1. The van der Waals surface area contributed by atoms with Gasteiger partial charge in [-0.1, -0.05) is 25.1 Å². The number of amides is 2. The first-order valence-corrected chi connectivity index (χ1v) is 7.25. The van der Waals surface area contributed by atoms with Crippen LogP contribution in [0.25, 0.3) is 0 Å². The number of hydrogen-bond acceptors (Lipinski definition) is 4. The minimum absolute atomic E-state index is 0.0575. The smallest absolute Gasteiger partial charge is 0.273 e. The van der Waals surface area contributed by atoms with Gasteiger partial charge in [-0.2, -0.15) is 0 Å². The maximum Gasteiger partial charge on any atom is 0.273 e. The zero-order valence-electron chi connectivity index (χ0n) is 11.6. The zero-order valence-corrected chi connectivity index (χ0v) is 12.4. The number of pyridine rings is 1. The molecule has 7 heteroatoms. The summed E-state index contributed by atoms with van der Waals surface area (Å²) in [5.74, 6) is -0.801. The van der Waals surface area contributed by atoms with Crippen LogP contribution in [0.1, 0.15) is 41.7 Å². The monoisotopic (exact) mass is 306 g/mol. The summed E-state index contributed by atoms with van der Waals surface area (Å²) >= 11 is 4.85. The largest absolute Gasteiger partial charge is 0.389 e. The summed E-state index contributed by atoms with van der Waals surface area (Å²) in [4.78, 5) is 29.6. The topological polar surface area (TPSA) is 102 Å². The van der Waals surface area contributed by atoms with Gasteiger partial charge in [0.25, 0.3) is 5.91 Å². The molecule has 0 unspecified atom stereocenters. The van der Waals surface area contributed by atoms with E-state index in [-0.39, 0.29) is 29.2 Å². The highest BCUT2D eigenvalue weighted by molar-refractivity contribution is 7.80. The molecule has 1 heterocycles. The molecular formula is C14H18N4O2S. The molecule has 0 saturated heterocycles. The van der Waals surface area contributed by atoms with Crippen molar-refractivity contribution in [2.24, 2.45) is 11.5 Å². The van der Waals surface area contributed by atoms with Crippen LogP contribution in [0.4, 0.5) is 0 Å². The van der Waals surface area contributed by atoms with Gasteiger partial charge in [0.1, 0.15) is 10.7 Å². The van der Waals surface area contributed by atoms with Crippen LogP contribution >= 0.6 is 12.2 Å². The van der Waals surface area contributed by atoms with E-state index in [4.69, 9.17) is 23.7 Å². The van der Waals surface area contributed by atoms with Gasteiger partial charge in [0.05, 0.1) is 6.54 Å². The molecular weight excluding hydrogens is 288 g/mol. The summed E-state index contributed by atoms with van der Waals surface area (Å²) in [7, 11) is 0. The van der Waals surface area contributed by atoms with Crippen molar-refractivity contribution in [3.8, 4) is 0 Å². The van der Waals surface area contributed by atoms with Crippen molar-refractivity contribution in [3.63, 3.8) is 0 Å². The van der Waals surface area contributed by atoms with Gasteiger partial charge < -0.3 is 16.4 Å². The van der Waals surface area contributed by atoms with Crippen molar-refractivity contribution >= 4 is 29.0 Å². The Balaban J connectivity index is 2.20. The summed E-state index contributed by atoms with van der Waals surface area (Å²) in [6.07, 6.45) is 5.36. The van der Waals surface area contributed by atoms with Gasteiger partial charge in [-0.15, -0.1) is 0 Å². The quantitative estimate of drug-likeness (QED) is 0.775. The lowest BCUT2D eigenvalue weighted by molar-refractivity contribution is -0.119. The average Bonchev–Trinajstić information content (AvgIpc) is 2.98. The number of nitrogens with two attached hydrogens (primary N) is 2. The van der Waals surface area contributed by atoms with E-state index in [1.54, 1.807) is 12.1 Å². The van der Waals surface area contributed by atoms with E-state index in [9.17, 15) is 9.59 Å². The predicted octanol–water partition coefficient (Wildman–Crippen LogP) is 0.586. The van der Waals surface area contributed by atoms with Crippen LogP contribution in [0.15, 0.2) is 18.3 Å². The van der Waals surface area contributed by atoms with E-state index in [1.165, 1.54) is 11.1 Å². The molecule has 0 atom stereocenters. The minimum Gasteiger partial charge on any atom is -0.389 e. The zero-order chi connectivity index (χ0) is 15.4. The molecule has 0 spiro atoms. The molecule has 4 N–H and O–H groups in total. The van der Waals surface area contributed by atoms with Crippen LogP contribution in [0.3, 0.4) is 0 Å². The number of carbonyl (C=O) groups excluding carboxylic acids is 2. The van der Waals surface area contributed by atoms with Gasteiger partial charge in [0, 0.05) is 17.8 Å². The molecule has 1 saturated carbocycles.